The van der Waals surface area contributed by atoms with E-state index in [1.165, 1.54) is 26.2 Å². The number of hydrogen-bond donors (Lipinski definition) is 1. The zero-order valence-electron chi connectivity index (χ0n) is 23.7. The predicted octanol–water partition coefficient (Wildman–Crippen LogP) is 6.15. The Morgan fingerprint density at radius 3 is 2.24 bits per heavy atom. The quantitative estimate of drug-likeness (QED) is 0.291. The van der Waals surface area contributed by atoms with Crippen LogP contribution < -0.4 is 0 Å². The molecule has 0 aromatic carbocycles. The predicted molar refractivity (Wildman–Crippen MR) is 139 cm³/mol. The largest absolute Gasteiger partial charge is 0.511 e. The molecule has 4 fully saturated rings. The van der Waals surface area contributed by atoms with E-state index in [0.717, 1.165) is 38.5 Å². The molecule has 8 nitrogen and oxygen atoms in total. The standard InChI is InChI=1S/C30H46O8/c1-17(14-26(32)33)15-27(34)36-19(3)37-28(35)38-21-10-12-29(4)20(16-21)6-7-22-24-9-8-23(18(2)31)30(24,5)13-11-25(22)29/h17,19-25H,6-16H2,1-5H3,(H,32,33)/t17?,19?,20-,21+,22-,23?,24-,25-,29-,30+/m0/s1. The first-order chi connectivity index (χ1) is 17.8. The highest BCUT2D eigenvalue weighted by Gasteiger charge is 2.61. The summed E-state index contributed by atoms with van der Waals surface area (Å²) in [7, 11) is 0. The number of ketones is 1. The van der Waals surface area contributed by atoms with E-state index in [2.05, 4.69) is 13.8 Å². The molecule has 0 saturated heterocycles. The molecule has 4 aliphatic rings. The normalized spacial score (nSPS) is 39.5. The minimum Gasteiger partial charge on any atom is -0.481 e. The summed E-state index contributed by atoms with van der Waals surface area (Å²) in [5, 5.41) is 8.82. The number of carboxylic acid groups (broad SMARTS) is 1. The van der Waals surface area contributed by atoms with Gasteiger partial charge in [-0.2, -0.15) is 0 Å². The number of Topliss-reactive ketones (excluding diaryl/α,β-unsaturated/α-hetero) is 1. The molecule has 8 heteroatoms. The van der Waals surface area contributed by atoms with Crippen molar-refractivity contribution in [1.29, 1.82) is 0 Å². The van der Waals surface area contributed by atoms with E-state index in [9.17, 15) is 19.2 Å². The zero-order valence-corrected chi connectivity index (χ0v) is 23.7. The lowest BCUT2D eigenvalue weighted by atomic mass is 9.44. The number of rotatable bonds is 8. The summed E-state index contributed by atoms with van der Waals surface area (Å²) < 4.78 is 16.0. The molecule has 4 aliphatic carbocycles. The van der Waals surface area contributed by atoms with E-state index in [1.54, 1.807) is 13.8 Å². The van der Waals surface area contributed by atoms with E-state index in [0.29, 0.717) is 29.5 Å². The number of hydrogen-bond acceptors (Lipinski definition) is 7. The first-order valence-electron chi connectivity index (χ1n) is 14.6. The Balaban J connectivity index is 1.27. The zero-order chi connectivity index (χ0) is 27.8. The molecule has 38 heavy (non-hydrogen) atoms. The van der Waals surface area contributed by atoms with Crippen LogP contribution in [0.2, 0.25) is 0 Å². The molecule has 3 unspecified atom stereocenters. The van der Waals surface area contributed by atoms with Crippen LogP contribution >= 0.6 is 0 Å². The van der Waals surface area contributed by atoms with Crippen molar-refractivity contribution in [3.05, 3.63) is 0 Å². The van der Waals surface area contributed by atoms with Crippen molar-refractivity contribution in [1.82, 2.24) is 0 Å². The van der Waals surface area contributed by atoms with Crippen molar-refractivity contribution in [3.63, 3.8) is 0 Å². The maximum absolute atomic E-state index is 12.4. The summed E-state index contributed by atoms with van der Waals surface area (Å²) in [6.45, 7) is 9.73. The van der Waals surface area contributed by atoms with E-state index < -0.39 is 24.4 Å². The molecule has 1 N–H and O–H groups in total. The summed E-state index contributed by atoms with van der Waals surface area (Å²) in [4.78, 5) is 47.6. The van der Waals surface area contributed by atoms with Gasteiger partial charge in [0.05, 0.1) is 0 Å². The summed E-state index contributed by atoms with van der Waals surface area (Å²) in [6.07, 6.45) is 7.20. The fourth-order valence-electron chi connectivity index (χ4n) is 9.20. The minimum atomic E-state index is -1.10. The molecular formula is C30H46O8. The average molecular weight is 535 g/mol. The number of aliphatic carboxylic acids is 1. The Morgan fingerprint density at radius 1 is 0.868 bits per heavy atom. The molecule has 0 amide bonds. The Kier molecular flexibility index (Phi) is 8.49. The molecule has 0 radical (unpaired) electrons. The third kappa shape index (κ3) is 5.74. The van der Waals surface area contributed by atoms with E-state index in [-0.39, 0.29) is 41.6 Å². The van der Waals surface area contributed by atoms with Crippen LogP contribution in [0.15, 0.2) is 0 Å². The summed E-state index contributed by atoms with van der Waals surface area (Å²) in [5.74, 6) is 1.15. The fraction of sp³-hybridized carbons (Fsp3) is 0.867. The number of ether oxygens (including phenoxy) is 3. The molecule has 0 heterocycles. The molecule has 0 aromatic heterocycles. The lowest BCUT2D eigenvalue weighted by Crippen LogP contribution is -2.54. The molecule has 4 saturated carbocycles. The van der Waals surface area contributed by atoms with Gasteiger partial charge in [-0.15, -0.1) is 0 Å². The third-order valence-electron chi connectivity index (χ3n) is 11.0. The van der Waals surface area contributed by atoms with Crippen LogP contribution in [0.25, 0.3) is 0 Å². The number of fused-ring (bicyclic) bond motifs is 5. The lowest BCUT2D eigenvalue weighted by Gasteiger charge is -2.61. The van der Waals surface area contributed by atoms with Crippen LogP contribution in [0.5, 0.6) is 0 Å². The topological polar surface area (TPSA) is 116 Å². The minimum absolute atomic E-state index is 0.0600. The van der Waals surface area contributed by atoms with Crippen LogP contribution in [0.3, 0.4) is 0 Å². The summed E-state index contributed by atoms with van der Waals surface area (Å²) in [6, 6.07) is 0. The maximum Gasteiger partial charge on any atom is 0.511 e. The monoisotopic (exact) mass is 534 g/mol. The van der Waals surface area contributed by atoms with Gasteiger partial charge in [0.15, 0.2) is 0 Å². The van der Waals surface area contributed by atoms with Crippen molar-refractivity contribution in [2.45, 2.75) is 118 Å². The first-order valence-corrected chi connectivity index (χ1v) is 14.6. The molecule has 0 spiro atoms. The molecule has 0 aromatic rings. The third-order valence-corrected chi connectivity index (χ3v) is 11.0. The van der Waals surface area contributed by atoms with Gasteiger partial charge >= 0.3 is 18.1 Å². The van der Waals surface area contributed by atoms with Gasteiger partial charge < -0.3 is 19.3 Å². The molecule has 4 rings (SSSR count). The van der Waals surface area contributed by atoms with E-state index >= 15 is 0 Å². The van der Waals surface area contributed by atoms with Gasteiger partial charge in [0, 0.05) is 25.7 Å². The molecule has 214 valence electrons. The van der Waals surface area contributed by atoms with Crippen molar-refractivity contribution in [2.24, 2.45) is 46.3 Å². The van der Waals surface area contributed by atoms with Crippen molar-refractivity contribution in [2.75, 3.05) is 0 Å². The summed E-state index contributed by atoms with van der Waals surface area (Å²) in [5.41, 5.74) is 0.395. The number of carboxylic acids is 1. The van der Waals surface area contributed by atoms with Gasteiger partial charge in [-0.25, -0.2) is 4.79 Å². The average Bonchev–Trinajstić information content (AvgIpc) is 3.15. The molecule has 0 aliphatic heterocycles. The second kappa shape index (κ2) is 11.2. The van der Waals surface area contributed by atoms with Gasteiger partial charge in [-0.05, 0) is 105 Å². The van der Waals surface area contributed by atoms with Crippen LogP contribution in [0.1, 0.15) is 105 Å². The molecule has 0 bridgehead atoms. The Bertz CT molecular complexity index is 931. The van der Waals surface area contributed by atoms with E-state index in [1.807, 2.05) is 0 Å². The Morgan fingerprint density at radius 2 is 1.55 bits per heavy atom. The SMILES string of the molecule is CC(=O)C1CC[C@H]2[C@@H]3CC[C@H]4C[C@H](OC(=O)OC(C)OC(=O)CC(C)CC(=O)O)CC[C@]4(C)[C@H]3CC[C@]12C. The first kappa shape index (κ1) is 28.9. The van der Waals surface area contributed by atoms with Gasteiger partial charge in [-0.3, -0.25) is 14.4 Å². The smallest absolute Gasteiger partial charge is 0.481 e. The van der Waals surface area contributed by atoms with Crippen LogP contribution in [-0.2, 0) is 28.6 Å². The lowest BCUT2D eigenvalue weighted by molar-refractivity contribution is -0.172. The van der Waals surface area contributed by atoms with Gasteiger partial charge in [0.2, 0.25) is 6.29 Å². The number of carbonyl (C=O) groups is 4. The maximum atomic E-state index is 12.4. The number of carbonyl (C=O) groups excluding carboxylic acids is 3. The highest BCUT2D eigenvalue weighted by atomic mass is 16.8. The molecular weight excluding hydrogens is 488 g/mol. The van der Waals surface area contributed by atoms with E-state index in [4.69, 9.17) is 19.3 Å². The Labute approximate surface area is 226 Å². The van der Waals surface area contributed by atoms with Crippen LogP contribution in [0, 0.1) is 46.3 Å². The number of esters is 1. The van der Waals surface area contributed by atoms with Crippen LogP contribution in [0.4, 0.5) is 4.79 Å². The summed E-state index contributed by atoms with van der Waals surface area (Å²) >= 11 is 0. The van der Waals surface area contributed by atoms with Crippen LogP contribution in [-0.4, -0.2) is 41.4 Å². The second-order valence-corrected chi connectivity index (χ2v) is 13.3. The fourth-order valence-corrected chi connectivity index (χ4v) is 9.20. The van der Waals surface area contributed by atoms with Gasteiger partial charge in [-0.1, -0.05) is 20.8 Å². The van der Waals surface area contributed by atoms with Crippen molar-refractivity contribution >= 4 is 23.9 Å². The highest BCUT2D eigenvalue weighted by Crippen LogP contribution is 2.67. The van der Waals surface area contributed by atoms with Gasteiger partial charge in [0.25, 0.3) is 0 Å². The molecule has 10 atom stereocenters. The van der Waals surface area contributed by atoms with Gasteiger partial charge in [0.1, 0.15) is 11.9 Å². The Hall–Kier alpha value is -2.12. The highest BCUT2D eigenvalue weighted by molar-refractivity contribution is 5.79. The second-order valence-electron chi connectivity index (χ2n) is 13.3. The van der Waals surface area contributed by atoms with Crippen molar-refractivity contribution < 1.29 is 38.5 Å². The van der Waals surface area contributed by atoms with Crippen molar-refractivity contribution in [3.8, 4) is 0 Å².